The molecule has 0 aliphatic carbocycles. The summed E-state index contributed by atoms with van der Waals surface area (Å²) in [6, 6.07) is 10.8. The van der Waals surface area contributed by atoms with E-state index in [1.807, 2.05) is 24.3 Å². The van der Waals surface area contributed by atoms with Gasteiger partial charge in [-0.1, -0.05) is 26.2 Å². The first-order valence-electron chi connectivity index (χ1n) is 2.01. The van der Waals surface area contributed by atoms with Crippen LogP contribution in [-0.2, 0) is 21.1 Å². The molecule has 0 aliphatic rings. The van der Waals surface area contributed by atoms with E-state index in [-0.39, 0.29) is 21.1 Å². The van der Waals surface area contributed by atoms with Crippen LogP contribution in [0.15, 0.2) is 24.3 Å². The summed E-state index contributed by atoms with van der Waals surface area (Å²) < 4.78 is 1.26. The minimum Gasteiger partial charge on any atom is -0.184 e. The molecule has 8 heavy (non-hydrogen) atoms. The SMILES string of the molecule is Ic1cc[c-]cc1.[W]. The third-order valence-corrected chi connectivity index (χ3v) is 1.40. The van der Waals surface area contributed by atoms with Gasteiger partial charge in [0.15, 0.2) is 0 Å². The largest absolute Gasteiger partial charge is 0.184 e. The van der Waals surface area contributed by atoms with Crippen LogP contribution >= 0.6 is 22.6 Å². The monoisotopic (exact) mass is 387 g/mol. The number of hydrogen-bond donors (Lipinski definition) is 0. The van der Waals surface area contributed by atoms with E-state index in [0.29, 0.717) is 0 Å². The molecule has 0 bridgehead atoms. The van der Waals surface area contributed by atoms with E-state index in [9.17, 15) is 0 Å². The zero-order valence-corrected chi connectivity index (χ0v) is 9.19. The summed E-state index contributed by atoms with van der Waals surface area (Å²) in [5, 5.41) is 0. The van der Waals surface area contributed by atoms with Crippen LogP contribution in [-0.4, -0.2) is 0 Å². The molecular weight excluding hydrogens is 383 g/mol. The average molecular weight is 387 g/mol. The Bertz CT molecular complexity index is 138. The molecule has 0 radical (unpaired) electrons. The van der Waals surface area contributed by atoms with Gasteiger partial charge in [-0.2, -0.15) is 30.3 Å². The van der Waals surface area contributed by atoms with Crippen LogP contribution in [0.3, 0.4) is 0 Å². The topological polar surface area (TPSA) is 0 Å². The van der Waals surface area contributed by atoms with Crippen LogP contribution < -0.4 is 0 Å². The maximum atomic E-state index is 2.93. The Balaban J connectivity index is 0.000000490. The Morgan fingerprint density at radius 1 is 1.25 bits per heavy atom. The van der Waals surface area contributed by atoms with Crippen molar-refractivity contribution < 1.29 is 21.1 Å². The van der Waals surface area contributed by atoms with Crippen LogP contribution in [0.5, 0.6) is 0 Å². The fraction of sp³-hybridized carbons (Fsp3) is 0. The van der Waals surface area contributed by atoms with Crippen molar-refractivity contribution in [3.05, 3.63) is 33.9 Å². The fourth-order valence-electron chi connectivity index (χ4n) is 0.367. The Labute approximate surface area is 77.1 Å². The molecule has 2 heteroatoms. The molecule has 42 valence electrons. The second kappa shape index (κ2) is 4.51. The molecule has 1 aromatic carbocycles. The molecule has 0 amide bonds. The third kappa shape index (κ3) is 2.83. The molecule has 0 atom stereocenters. The van der Waals surface area contributed by atoms with Crippen LogP contribution in [0.2, 0.25) is 0 Å². The Kier molecular flexibility index (Phi) is 4.87. The van der Waals surface area contributed by atoms with E-state index in [0.717, 1.165) is 0 Å². The van der Waals surface area contributed by atoms with Gasteiger partial charge in [0, 0.05) is 21.1 Å². The molecule has 0 aromatic heterocycles. The zero-order valence-electron chi connectivity index (χ0n) is 4.10. The number of halogens is 1. The maximum absolute atomic E-state index is 2.93. The standard InChI is InChI=1S/C6H4I.W/c7-6-4-2-1-3-5-6;/h2-5H;/q-1;. The molecule has 0 nitrogen and oxygen atoms in total. The molecule has 0 unspecified atom stereocenters. The number of benzene rings is 1. The smallest absolute Gasteiger partial charge is 0 e. The molecule has 0 aliphatic heterocycles. The van der Waals surface area contributed by atoms with Crippen molar-refractivity contribution in [2.75, 3.05) is 0 Å². The summed E-state index contributed by atoms with van der Waals surface area (Å²) >= 11 is 2.26. The predicted molar refractivity (Wildman–Crippen MR) is 38.0 cm³/mol. The Morgan fingerprint density at radius 3 is 2.00 bits per heavy atom. The quantitative estimate of drug-likeness (QED) is 0.473. The van der Waals surface area contributed by atoms with E-state index in [4.69, 9.17) is 0 Å². The second-order valence-electron chi connectivity index (χ2n) is 1.22. The van der Waals surface area contributed by atoms with Crippen molar-refractivity contribution in [3.8, 4) is 0 Å². The Morgan fingerprint density at radius 2 is 1.75 bits per heavy atom. The summed E-state index contributed by atoms with van der Waals surface area (Å²) in [5.74, 6) is 0. The summed E-state index contributed by atoms with van der Waals surface area (Å²) in [4.78, 5) is 0. The van der Waals surface area contributed by atoms with E-state index in [1.165, 1.54) is 3.57 Å². The van der Waals surface area contributed by atoms with E-state index >= 15 is 0 Å². The van der Waals surface area contributed by atoms with Crippen molar-refractivity contribution in [1.82, 2.24) is 0 Å². The molecule has 1 rings (SSSR count). The van der Waals surface area contributed by atoms with Gasteiger partial charge in [-0.05, 0) is 0 Å². The molecule has 1 aromatic rings. The Hall–Kier alpha value is 0.638. The van der Waals surface area contributed by atoms with Crippen LogP contribution in [0.25, 0.3) is 0 Å². The normalized spacial score (nSPS) is 7.62. The molecule has 0 saturated heterocycles. The van der Waals surface area contributed by atoms with Gasteiger partial charge in [0.2, 0.25) is 0 Å². The van der Waals surface area contributed by atoms with Gasteiger partial charge in [-0.3, -0.25) is 0 Å². The summed E-state index contributed by atoms with van der Waals surface area (Å²) in [6.45, 7) is 0. The number of hydrogen-bond acceptors (Lipinski definition) is 0. The number of rotatable bonds is 0. The second-order valence-corrected chi connectivity index (χ2v) is 2.46. The van der Waals surface area contributed by atoms with E-state index in [2.05, 4.69) is 28.7 Å². The van der Waals surface area contributed by atoms with Gasteiger partial charge < -0.3 is 0 Å². The summed E-state index contributed by atoms with van der Waals surface area (Å²) in [6.07, 6.45) is 0. The van der Waals surface area contributed by atoms with Crippen molar-refractivity contribution in [1.29, 1.82) is 0 Å². The van der Waals surface area contributed by atoms with Crippen molar-refractivity contribution in [3.63, 3.8) is 0 Å². The minimum absolute atomic E-state index is 0. The van der Waals surface area contributed by atoms with Crippen LogP contribution in [0.4, 0.5) is 0 Å². The summed E-state index contributed by atoms with van der Waals surface area (Å²) in [7, 11) is 0. The first kappa shape index (κ1) is 8.64. The van der Waals surface area contributed by atoms with Crippen molar-refractivity contribution >= 4 is 22.6 Å². The van der Waals surface area contributed by atoms with Crippen molar-refractivity contribution in [2.24, 2.45) is 0 Å². The minimum atomic E-state index is 0. The molecule has 0 spiro atoms. The van der Waals surface area contributed by atoms with Crippen LogP contribution in [0.1, 0.15) is 0 Å². The van der Waals surface area contributed by atoms with E-state index < -0.39 is 0 Å². The van der Waals surface area contributed by atoms with Gasteiger partial charge in [0.1, 0.15) is 0 Å². The van der Waals surface area contributed by atoms with Crippen LogP contribution in [0, 0.1) is 9.64 Å². The van der Waals surface area contributed by atoms with Gasteiger partial charge >= 0.3 is 0 Å². The first-order chi connectivity index (χ1) is 3.39. The fourth-order valence-corrected chi connectivity index (χ4v) is 0.726. The van der Waals surface area contributed by atoms with Gasteiger partial charge in [0.05, 0.1) is 0 Å². The third-order valence-electron chi connectivity index (χ3n) is 0.678. The summed E-state index contributed by atoms with van der Waals surface area (Å²) in [5.41, 5.74) is 0. The van der Waals surface area contributed by atoms with Gasteiger partial charge in [0.25, 0.3) is 0 Å². The molecular formula is C6H4IW-. The van der Waals surface area contributed by atoms with Gasteiger partial charge in [-0.15, -0.1) is 0 Å². The molecule has 0 fully saturated rings. The van der Waals surface area contributed by atoms with E-state index in [1.54, 1.807) is 0 Å². The molecule has 0 saturated carbocycles. The van der Waals surface area contributed by atoms with Crippen molar-refractivity contribution in [2.45, 2.75) is 0 Å². The predicted octanol–water partition coefficient (Wildman–Crippen LogP) is 2.09. The first-order valence-corrected chi connectivity index (χ1v) is 3.09. The zero-order chi connectivity index (χ0) is 5.11. The average Bonchev–Trinajstić information content (AvgIpc) is 1.69. The molecule has 0 heterocycles. The van der Waals surface area contributed by atoms with Gasteiger partial charge in [-0.25, -0.2) is 0 Å². The maximum Gasteiger partial charge on any atom is 0 e. The molecule has 0 N–H and O–H groups in total.